The van der Waals surface area contributed by atoms with E-state index < -0.39 is 15.9 Å². The minimum atomic E-state index is -3.43. The summed E-state index contributed by atoms with van der Waals surface area (Å²) in [6.07, 6.45) is 1.76. The Morgan fingerprint density at radius 2 is 2.00 bits per heavy atom. The van der Waals surface area contributed by atoms with Crippen LogP contribution in [0.15, 0.2) is 24.3 Å². The third kappa shape index (κ3) is 5.89. The van der Waals surface area contributed by atoms with E-state index in [0.29, 0.717) is 19.5 Å². The molecule has 1 aliphatic heterocycles. The third-order valence-corrected chi connectivity index (χ3v) is 4.33. The van der Waals surface area contributed by atoms with Gasteiger partial charge in [-0.25, -0.2) is 17.5 Å². The first-order valence-electron chi connectivity index (χ1n) is 7.49. The summed E-state index contributed by atoms with van der Waals surface area (Å²) in [6, 6.07) is 5.76. The maximum atomic E-state index is 12.9. The van der Waals surface area contributed by atoms with E-state index in [9.17, 15) is 22.4 Å². The van der Waals surface area contributed by atoms with Crippen molar-refractivity contribution in [1.29, 1.82) is 0 Å². The van der Waals surface area contributed by atoms with Crippen LogP contribution in [0.2, 0.25) is 0 Å². The molecule has 1 aromatic carbocycles. The number of halogens is 1. The first-order valence-corrected chi connectivity index (χ1v) is 9.38. The molecular formula is C15H20FN3O4S. The van der Waals surface area contributed by atoms with Crippen LogP contribution < -0.4 is 10.0 Å². The summed E-state index contributed by atoms with van der Waals surface area (Å²) in [6.45, 7) is 0.516. The van der Waals surface area contributed by atoms with E-state index in [1.54, 1.807) is 17.0 Å². The van der Waals surface area contributed by atoms with Crippen LogP contribution in [0.25, 0.3) is 0 Å². The van der Waals surface area contributed by atoms with Crippen molar-refractivity contribution in [2.24, 2.45) is 0 Å². The smallest absolute Gasteiger partial charge is 0.235 e. The van der Waals surface area contributed by atoms with E-state index in [0.717, 1.165) is 11.8 Å². The van der Waals surface area contributed by atoms with Crippen molar-refractivity contribution in [2.45, 2.75) is 18.9 Å². The van der Waals surface area contributed by atoms with E-state index >= 15 is 0 Å². The number of nitrogens with one attached hydrogen (secondary N) is 2. The molecule has 1 fully saturated rings. The molecule has 0 radical (unpaired) electrons. The van der Waals surface area contributed by atoms with E-state index in [4.69, 9.17) is 0 Å². The van der Waals surface area contributed by atoms with Gasteiger partial charge in [-0.2, -0.15) is 0 Å². The average Bonchev–Trinajstić information content (AvgIpc) is 2.84. The number of nitrogens with zero attached hydrogens (tertiary/aromatic N) is 1. The molecule has 0 aromatic heterocycles. The Labute approximate surface area is 140 Å². The van der Waals surface area contributed by atoms with Gasteiger partial charge < -0.3 is 10.2 Å². The zero-order chi connectivity index (χ0) is 17.7. The Bertz CT molecular complexity index is 706. The Morgan fingerprint density at radius 1 is 1.33 bits per heavy atom. The number of sulfonamides is 1. The van der Waals surface area contributed by atoms with Gasteiger partial charge in [-0.05, 0) is 24.1 Å². The lowest BCUT2D eigenvalue weighted by molar-refractivity contribution is -0.127. The van der Waals surface area contributed by atoms with Crippen molar-refractivity contribution in [3.63, 3.8) is 0 Å². The summed E-state index contributed by atoms with van der Waals surface area (Å²) in [7, 11) is -3.43. The van der Waals surface area contributed by atoms with E-state index in [1.807, 2.05) is 0 Å². The second kappa shape index (κ2) is 7.71. The standard InChI is InChI=1S/C15H20FN3O4S/c1-24(22,23)17-9-14(20)18-13-8-15(21)19(10-13)7-6-11-2-4-12(16)5-3-11/h2-5,13,17H,6-10H2,1H3,(H,18,20)/t13-/m1/s1. The minimum absolute atomic E-state index is 0.0708. The molecule has 7 nitrogen and oxygen atoms in total. The van der Waals surface area contributed by atoms with E-state index in [1.165, 1.54) is 12.1 Å². The van der Waals surface area contributed by atoms with Crippen molar-refractivity contribution in [3.8, 4) is 0 Å². The lowest BCUT2D eigenvalue weighted by Crippen LogP contribution is -2.43. The molecule has 1 aromatic rings. The quantitative estimate of drug-likeness (QED) is 0.696. The average molecular weight is 357 g/mol. The van der Waals surface area contributed by atoms with Gasteiger partial charge in [0.1, 0.15) is 5.82 Å². The fourth-order valence-corrected chi connectivity index (χ4v) is 2.87. The van der Waals surface area contributed by atoms with Gasteiger partial charge in [-0.15, -0.1) is 0 Å². The number of benzene rings is 1. The number of rotatable bonds is 7. The van der Waals surface area contributed by atoms with Crippen molar-refractivity contribution < 1.29 is 22.4 Å². The maximum Gasteiger partial charge on any atom is 0.235 e. The van der Waals surface area contributed by atoms with Crippen LogP contribution in [0.3, 0.4) is 0 Å². The highest BCUT2D eigenvalue weighted by atomic mass is 32.2. The van der Waals surface area contributed by atoms with E-state index in [2.05, 4.69) is 10.0 Å². The highest BCUT2D eigenvalue weighted by Gasteiger charge is 2.30. The van der Waals surface area contributed by atoms with Crippen LogP contribution in [-0.4, -0.2) is 57.1 Å². The molecule has 2 amide bonds. The van der Waals surface area contributed by atoms with Gasteiger partial charge in [0.05, 0.1) is 18.8 Å². The Kier molecular flexibility index (Phi) is 5.89. The first-order chi connectivity index (χ1) is 11.2. The molecule has 9 heteroatoms. The molecule has 1 aliphatic rings. The molecule has 2 rings (SSSR count). The monoisotopic (exact) mass is 357 g/mol. The Morgan fingerprint density at radius 3 is 2.62 bits per heavy atom. The van der Waals surface area contributed by atoms with Gasteiger partial charge in [-0.3, -0.25) is 9.59 Å². The topological polar surface area (TPSA) is 95.6 Å². The van der Waals surface area contributed by atoms with Crippen molar-refractivity contribution in [2.75, 3.05) is 25.9 Å². The fourth-order valence-electron chi connectivity index (χ4n) is 2.48. The van der Waals surface area contributed by atoms with Crippen molar-refractivity contribution in [1.82, 2.24) is 14.9 Å². The second-order valence-corrected chi connectivity index (χ2v) is 7.61. The zero-order valence-corrected chi connectivity index (χ0v) is 14.1. The van der Waals surface area contributed by atoms with Gasteiger partial charge >= 0.3 is 0 Å². The van der Waals surface area contributed by atoms with Crippen LogP contribution in [0.5, 0.6) is 0 Å². The Balaban J connectivity index is 1.78. The van der Waals surface area contributed by atoms with Crippen LogP contribution in [0.4, 0.5) is 4.39 Å². The molecular weight excluding hydrogens is 337 g/mol. The highest BCUT2D eigenvalue weighted by molar-refractivity contribution is 7.88. The van der Waals surface area contributed by atoms with Gasteiger partial charge in [0.15, 0.2) is 0 Å². The number of hydrogen-bond donors (Lipinski definition) is 2. The van der Waals surface area contributed by atoms with Crippen molar-refractivity contribution in [3.05, 3.63) is 35.6 Å². The van der Waals surface area contributed by atoms with Gasteiger partial charge in [0, 0.05) is 19.5 Å². The van der Waals surface area contributed by atoms with Crippen LogP contribution in [-0.2, 0) is 26.0 Å². The molecule has 1 heterocycles. The highest BCUT2D eigenvalue weighted by Crippen LogP contribution is 2.12. The number of carbonyl (C=O) groups is 2. The van der Waals surface area contributed by atoms with Crippen molar-refractivity contribution >= 4 is 21.8 Å². The molecule has 0 spiro atoms. The number of amides is 2. The summed E-state index contributed by atoms with van der Waals surface area (Å²) < 4.78 is 36.8. The predicted molar refractivity (Wildman–Crippen MR) is 86.1 cm³/mol. The number of hydrogen-bond acceptors (Lipinski definition) is 4. The lowest BCUT2D eigenvalue weighted by Gasteiger charge is -2.17. The maximum absolute atomic E-state index is 12.9. The molecule has 0 saturated carbocycles. The molecule has 0 bridgehead atoms. The molecule has 132 valence electrons. The molecule has 1 saturated heterocycles. The summed E-state index contributed by atoms with van der Waals surface area (Å²) in [4.78, 5) is 25.3. The minimum Gasteiger partial charge on any atom is -0.350 e. The number of likely N-dealkylation sites (tertiary alicyclic amines) is 1. The number of carbonyl (C=O) groups excluding carboxylic acids is 2. The second-order valence-electron chi connectivity index (χ2n) is 5.78. The third-order valence-electron chi connectivity index (χ3n) is 3.66. The summed E-state index contributed by atoms with van der Waals surface area (Å²) in [5.74, 6) is -0.849. The van der Waals surface area contributed by atoms with Crippen LogP contribution >= 0.6 is 0 Å². The van der Waals surface area contributed by atoms with Crippen LogP contribution in [0.1, 0.15) is 12.0 Å². The predicted octanol–water partition coefficient (Wildman–Crippen LogP) is -0.365. The molecule has 24 heavy (non-hydrogen) atoms. The zero-order valence-electron chi connectivity index (χ0n) is 13.3. The summed E-state index contributed by atoms with van der Waals surface area (Å²) in [5, 5.41) is 2.64. The molecule has 0 aliphatic carbocycles. The lowest BCUT2D eigenvalue weighted by atomic mass is 10.1. The fraction of sp³-hybridized carbons (Fsp3) is 0.467. The Hall–Kier alpha value is -2.00. The van der Waals surface area contributed by atoms with Gasteiger partial charge in [0.2, 0.25) is 21.8 Å². The van der Waals surface area contributed by atoms with E-state index in [-0.39, 0.29) is 30.7 Å². The van der Waals surface area contributed by atoms with Gasteiger partial charge in [-0.1, -0.05) is 12.1 Å². The molecule has 1 atom stereocenters. The molecule has 2 N–H and O–H groups in total. The van der Waals surface area contributed by atoms with Crippen LogP contribution in [0, 0.1) is 5.82 Å². The largest absolute Gasteiger partial charge is 0.350 e. The molecule has 0 unspecified atom stereocenters. The first kappa shape index (κ1) is 18.3. The normalized spacial score (nSPS) is 18.0. The summed E-state index contributed by atoms with van der Waals surface area (Å²) in [5.41, 5.74) is 0.925. The van der Waals surface area contributed by atoms with Gasteiger partial charge in [0.25, 0.3) is 0 Å². The summed E-state index contributed by atoms with van der Waals surface area (Å²) >= 11 is 0. The SMILES string of the molecule is CS(=O)(=O)NCC(=O)N[C@@H]1CC(=O)N(CCc2ccc(F)cc2)C1.